The van der Waals surface area contributed by atoms with Crippen LogP contribution in [0.2, 0.25) is 0 Å². The predicted octanol–water partition coefficient (Wildman–Crippen LogP) is 5.36. The van der Waals surface area contributed by atoms with Gasteiger partial charge in [-0.3, -0.25) is 4.79 Å². The summed E-state index contributed by atoms with van der Waals surface area (Å²) in [6.45, 7) is 3.30. The fourth-order valence-corrected chi connectivity index (χ4v) is 11.6. The standard InChI is InChI=1S/C33H47NO4/c1-32-14-12-23(35)17-22(32)18-28(36)31-25-9-8-24-20(11-15-33(24,25)29(38-2)19-26(31)32)7-10-30(37)34-16-13-21-5-3-4-6-27(21)34/h3-6,20,22-26,28-29,31,35-36H,7-19H2,1-2H3/t20-,22-,23+,24+,25-,26-,28+,29-,31-,32-,33+/m0/s1. The smallest absolute Gasteiger partial charge is 0.227 e. The minimum atomic E-state index is -0.252. The van der Waals surface area contributed by atoms with Gasteiger partial charge in [0.25, 0.3) is 0 Å². The zero-order valence-corrected chi connectivity index (χ0v) is 23.4. The summed E-state index contributed by atoms with van der Waals surface area (Å²) in [5.41, 5.74) is 2.79. The lowest BCUT2D eigenvalue weighted by molar-refractivity contribution is -0.211. The van der Waals surface area contributed by atoms with Crippen LogP contribution in [0.4, 0.5) is 5.69 Å². The van der Waals surface area contributed by atoms with E-state index < -0.39 is 0 Å². The number of ether oxygens (including phenoxy) is 1. The molecule has 1 aromatic rings. The average molecular weight is 522 g/mol. The number of fused-ring (bicyclic) bond motifs is 5. The van der Waals surface area contributed by atoms with Gasteiger partial charge in [-0.15, -0.1) is 0 Å². The number of para-hydroxylation sites is 1. The first-order chi connectivity index (χ1) is 18.4. The van der Waals surface area contributed by atoms with E-state index in [-0.39, 0.29) is 29.1 Å². The fraction of sp³-hybridized carbons (Fsp3) is 0.788. The summed E-state index contributed by atoms with van der Waals surface area (Å²) >= 11 is 0. The van der Waals surface area contributed by atoms with Crippen LogP contribution in [0.5, 0.6) is 0 Å². The Morgan fingerprint density at radius 3 is 2.68 bits per heavy atom. The first-order valence-corrected chi connectivity index (χ1v) is 15.6. The number of aliphatic hydroxyl groups is 2. The maximum Gasteiger partial charge on any atom is 0.227 e. The molecule has 5 fully saturated rings. The van der Waals surface area contributed by atoms with Crippen LogP contribution in [0.15, 0.2) is 24.3 Å². The van der Waals surface area contributed by atoms with E-state index in [2.05, 4.69) is 25.1 Å². The molecule has 5 aliphatic carbocycles. The minimum Gasteiger partial charge on any atom is -0.393 e. The van der Waals surface area contributed by atoms with Gasteiger partial charge in [-0.2, -0.15) is 0 Å². The van der Waals surface area contributed by atoms with E-state index in [4.69, 9.17) is 4.74 Å². The second kappa shape index (κ2) is 9.31. The molecule has 208 valence electrons. The van der Waals surface area contributed by atoms with Gasteiger partial charge in [0.1, 0.15) is 0 Å². The summed E-state index contributed by atoms with van der Waals surface area (Å²) in [7, 11) is 1.93. The Kier molecular flexibility index (Phi) is 6.26. The van der Waals surface area contributed by atoms with Crippen molar-refractivity contribution in [2.75, 3.05) is 18.6 Å². The third-order valence-corrected chi connectivity index (χ3v) is 13.2. The van der Waals surface area contributed by atoms with Crippen LogP contribution in [-0.2, 0) is 16.0 Å². The second-order valence-corrected chi connectivity index (χ2v) is 14.2. The average Bonchev–Trinajstić information content (AvgIpc) is 3.61. The van der Waals surface area contributed by atoms with Gasteiger partial charge in [0.05, 0.1) is 18.3 Å². The quantitative estimate of drug-likeness (QED) is 0.560. The second-order valence-electron chi connectivity index (χ2n) is 14.2. The number of hydrogen-bond donors (Lipinski definition) is 2. The number of carbonyl (C=O) groups excluding carboxylic acids is 1. The molecule has 1 aliphatic heterocycles. The SMILES string of the molecule is CO[C@H]1C[C@H]2[C@@H]([C@H](O)C[C@@H]3C[C@H](O)CC[C@@]32C)[C@@H]2CC[C@@H]3[C@@H](CCC(=O)N4CCc5ccccc54)CC[C@@]132. The lowest BCUT2D eigenvalue weighted by Gasteiger charge is -2.64. The van der Waals surface area contributed by atoms with E-state index in [0.717, 1.165) is 57.2 Å². The highest BCUT2D eigenvalue weighted by Gasteiger charge is 2.69. The first kappa shape index (κ1) is 25.5. The maximum absolute atomic E-state index is 13.3. The molecule has 6 aliphatic rings. The van der Waals surface area contributed by atoms with E-state index in [1.54, 1.807) is 0 Å². The fourth-order valence-electron chi connectivity index (χ4n) is 11.6. The Morgan fingerprint density at radius 1 is 1.03 bits per heavy atom. The van der Waals surface area contributed by atoms with Gasteiger partial charge in [-0.05, 0) is 123 Å². The van der Waals surface area contributed by atoms with Crippen molar-refractivity contribution in [2.24, 2.45) is 46.3 Å². The molecule has 1 aromatic carbocycles. The molecule has 7 rings (SSSR count). The molecule has 5 nitrogen and oxygen atoms in total. The number of rotatable bonds is 4. The molecule has 5 heteroatoms. The van der Waals surface area contributed by atoms with E-state index in [9.17, 15) is 15.0 Å². The monoisotopic (exact) mass is 521 g/mol. The largest absolute Gasteiger partial charge is 0.393 e. The molecule has 0 aromatic heterocycles. The highest BCUT2D eigenvalue weighted by molar-refractivity contribution is 5.95. The highest BCUT2D eigenvalue weighted by atomic mass is 16.5. The first-order valence-electron chi connectivity index (χ1n) is 15.6. The normalized spacial score (nSPS) is 47.2. The molecule has 2 N–H and O–H groups in total. The summed E-state index contributed by atoms with van der Waals surface area (Å²) in [6.07, 6.45) is 12.0. The van der Waals surface area contributed by atoms with Gasteiger partial charge < -0.3 is 19.8 Å². The number of aliphatic hydroxyl groups excluding tert-OH is 2. The van der Waals surface area contributed by atoms with Crippen LogP contribution >= 0.6 is 0 Å². The van der Waals surface area contributed by atoms with Crippen LogP contribution < -0.4 is 4.90 Å². The van der Waals surface area contributed by atoms with Crippen molar-refractivity contribution in [2.45, 2.75) is 102 Å². The molecule has 11 atom stereocenters. The van der Waals surface area contributed by atoms with Crippen LogP contribution in [0.1, 0.15) is 83.1 Å². The van der Waals surface area contributed by atoms with Crippen LogP contribution in [0.3, 0.4) is 0 Å². The van der Waals surface area contributed by atoms with Gasteiger partial charge in [-0.25, -0.2) is 0 Å². The molecule has 5 saturated carbocycles. The molecule has 38 heavy (non-hydrogen) atoms. The molecule has 0 bridgehead atoms. The third kappa shape index (κ3) is 3.56. The van der Waals surface area contributed by atoms with Crippen LogP contribution in [0.25, 0.3) is 0 Å². The maximum atomic E-state index is 13.3. The Morgan fingerprint density at radius 2 is 1.84 bits per heavy atom. The number of hydrogen-bond acceptors (Lipinski definition) is 4. The zero-order valence-electron chi connectivity index (χ0n) is 23.4. The number of anilines is 1. The number of nitrogens with zero attached hydrogens (tertiary/aromatic N) is 1. The van der Waals surface area contributed by atoms with Crippen molar-refractivity contribution >= 4 is 11.6 Å². The van der Waals surface area contributed by atoms with Gasteiger partial charge in [0.15, 0.2) is 0 Å². The van der Waals surface area contributed by atoms with Crippen molar-refractivity contribution in [3.63, 3.8) is 0 Å². The van der Waals surface area contributed by atoms with Gasteiger partial charge in [0.2, 0.25) is 5.91 Å². The van der Waals surface area contributed by atoms with E-state index in [0.29, 0.717) is 47.8 Å². The van der Waals surface area contributed by atoms with Gasteiger partial charge in [0, 0.05) is 31.2 Å². The number of carbonyl (C=O) groups is 1. The Balaban J connectivity index is 1.10. The minimum absolute atomic E-state index is 0.169. The lowest BCUT2D eigenvalue weighted by atomic mass is 9.43. The Labute approximate surface area is 228 Å². The summed E-state index contributed by atoms with van der Waals surface area (Å²) < 4.78 is 6.43. The van der Waals surface area contributed by atoms with Crippen molar-refractivity contribution in [3.05, 3.63) is 29.8 Å². The highest BCUT2D eigenvalue weighted by Crippen LogP contribution is 2.72. The molecule has 1 spiro atoms. The van der Waals surface area contributed by atoms with Gasteiger partial charge in [-0.1, -0.05) is 25.1 Å². The summed E-state index contributed by atoms with van der Waals surface area (Å²) in [5.74, 6) is 3.29. The van der Waals surface area contributed by atoms with Gasteiger partial charge >= 0.3 is 0 Å². The topological polar surface area (TPSA) is 70.0 Å². The van der Waals surface area contributed by atoms with Crippen LogP contribution in [0, 0.1) is 46.3 Å². The summed E-state index contributed by atoms with van der Waals surface area (Å²) in [5, 5.41) is 22.1. The third-order valence-electron chi connectivity index (χ3n) is 13.2. The summed E-state index contributed by atoms with van der Waals surface area (Å²) in [6, 6.07) is 8.37. The molecule has 0 saturated heterocycles. The lowest BCUT2D eigenvalue weighted by Crippen LogP contribution is -2.62. The molecule has 0 unspecified atom stereocenters. The number of amides is 1. The van der Waals surface area contributed by atoms with E-state index in [1.165, 1.54) is 31.2 Å². The van der Waals surface area contributed by atoms with E-state index >= 15 is 0 Å². The molecular formula is C33H47NO4. The summed E-state index contributed by atoms with van der Waals surface area (Å²) in [4.78, 5) is 15.4. The Bertz CT molecular complexity index is 1070. The predicted molar refractivity (Wildman–Crippen MR) is 148 cm³/mol. The number of benzene rings is 1. The molecule has 1 amide bonds. The number of methoxy groups -OCH3 is 1. The molecule has 0 radical (unpaired) electrons. The molecule has 1 heterocycles. The molecular weight excluding hydrogens is 474 g/mol. The Hall–Kier alpha value is -1.43. The zero-order chi connectivity index (χ0) is 26.2. The van der Waals surface area contributed by atoms with Crippen molar-refractivity contribution in [1.82, 2.24) is 0 Å². The van der Waals surface area contributed by atoms with Crippen molar-refractivity contribution in [1.29, 1.82) is 0 Å². The van der Waals surface area contributed by atoms with Crippen molar-refractivity contribution < 1.29 is 19.7 Å². The van der Waals surface area contributed by atoms with Crippen molar-refractivity contribution in [3.8, 4) is 0 Å². The van der Waals surface area contributed by atoms with Crippen LogP contribution in [-0.4, -0.2) is 48.1 Å². The van der Waals surface area contributed by atoms with E-state index in [1.807, 2.05) is 18.1 Å².